The van der Waals surface area contributed by atoms with Gasteiger partial charge in [0.15, 0.2) is 0 Å². The van der Waals surface area contributed by atoms with Gasteiger partial charge in [0.1, 0.15) is 16.3 Å². The number of carbonyl (C=O) groups is 1. The van der Waals surface area contributed by atoms with Gasteiger partial charge in [0, 0.05) is 24.0 Å². The molecule has 0 heterocycles. The van der Waals surface area contributed by atoms with Gasteiger partial charge in [-0.1, -0.05) is 12.1 Å². The second-order valence-corrected chi connectivity index (χ2v) is 9.34. The number of hydrogen-bond acceptors (Lipinski definition) is 5. The summed E-state index contributed by atoms with van der Waals surface area (Å²) >= 11 is 0. The number of rotatable bonds is 10. The molecule has 170 valence electrons. The maximum absolute atomic E-state index is 14.4. The van der Waals surface area contributed by atoms with Crippen LogP contribution in [0.2, 0.25) is 0 Å². The minimum absolute atomic E-state index is 0.0411. The average Bonchev–Trinajstić information content (AvgIpc) is 2.65. The van der Waals surface area contributed by atoms with Crippen molar-refractivity contribution in [1.29, 1.82) is 0 Å². The summed E-state index contributed by atoms with van der Waals surface area (Å²) in [6, 6.07) is 11.0. The van der Waals surface area contributed by atoms with Gasteiger partial charge in [-0.15, -0.1) is 0 Å². The zero-order valence-electron chi connectivity index (χ0n) is 18.1. The van der Waals surface area contributed by atoms with Crippen LogP contribution in [0, 0.1) is 12.8 Å². The molecule has 0 radical (unpaired) electrons. The zero-order chi connectivity index (χ0) is 23.2. The number of halogens is 1. The molecular weight excluding hydrogens is 423 g/mol. The number of aliphatic hydroxyl groups excluding tert-OH is 1. The highest BCUT2D eigenvalue weighted by Gasteiger charge is 2.35. The SMILES string of the molecule is CCOc1cc(NC(=O)C(CCO)C(C)(C)F)ccc1S(=O)(=O)Nc1cccc(C)c1. The molecular formula is C22H29FN2O5S. The lowest BCUT2D eigenvalue weighted by molar-refractivity contribution is -0.124. The van der Waals surface area contributed by atoms with Crippen molar-refractivity contribution in [3.63, 3.8) is 0 Å². The molecule has 0 saturated heterocycles. The molecule has 2 rings (SSSR count). The Balaban J connectivity index is 2.33. The van der Waals surface area contributed by atoms with Gasteiger partial charge in [-0.3, -0.25) is 9.52 Å². The number of aryl methyl sites for hydroxylation is 1. The van der Waals surface area contributed by atoms with E-state index in [2.05, 4.69) is 10.0 Å². The van der Waals surface area contributed by atoms with E-state index in [0.29, 0.717) is 5.69 Å². The van der Waals surface area contributed by atoms with Crippen LogP contribution in [0.3, 0.4) is 0 Å². The summed E-state index contributed by atoms with van der Waals surface area (Å²) in [6.45, 7) is 5.96. The number of carbonyl (C=O) groups excluding carboxylic acids is 1. The molecule has 0 aliphatic carbocycles. The van der Waals surface area contributed by atoms with Crippen molar-refractivity contribution in [1.82, 2.24) is 0 Å². The van der Waals surface area contributed by atoms with E-state index in [1.807, 2.05) is 13.0 Å². The highest BCUT2D eigenvalue weighted by molar-refractivity contribution is 7.92. The van der Waals surface area contributed by atoms with Gasteiger partial charge in [-0.2, -0.15) is 0 Å². The summed E-state index contributed by atoms with van der Waals surface area (Å²) < 4.78 is 48.2. The van der Waals surface area contributed by atoms with Gasteiger partial charge >= 0.3 is 0 Å². The molecule has 0 bridgehead atoms. The van der Waals surface area contributed by atoms with Gasteiger partial charge in [-0.05, 0) is 63.9 Å². The molecule has 0 saturated carbocycles. The lowest BCUT2D eigenvalue weighted by atomic mass is 9.89. The standard InChI is InChI=1S/C22H29FN2O5S/c1-5-30-19-14-16(24-21(27)18(11-12-26)22(3,4)23)9-10-20(19)31(28,29)25-17-8-6-7-15(2)13-17/h6-10,13-14,18,25-26H,5,11-12H2,1-4H3,(H,24,27). The minimum Gasteiger partial charge on any atom is -0.492 e. The van der Waals surface area contributed by atoms with Crippen LogP contribution in [0.25, 0.3) is 0 Å². The van der Waals surface area contributed by atoms with E-state index in [1.54, 1.807) is 25.1 Å². The summed E-state index contributed by atoms with van der Waals surface area (Å²) in [7, 11) is -3.96. The van der Waals surface area contributed by atoms with E-state index < -0.39 is 27.5 Å². The van der Waals surface area contributed by atoms with Crippen LogP contribution >= 0.6 is 0 Å². The van der Waals surface area contributed by atoms with Crippen LogP contribution in [0.4, 0.5) is 15.8 Å². The first-order valence-corrected chi connectivity index (χ1v) is 11.4. The van der Waals surface area contributed by atoms with Crippen molar-refractivity contribution in [2.45, 2.75) is 44.7 Å². The molecule has 0 fully saturated rings. The van der Waals surface area contributed by atoms with Gasteiger partial charge in [0.25, 0.3) is 10.0 Å². The Morgan fingerprint density at radius 2 is 1.90 bits per heavy atom. The van der Waals surface area contributed by atoms with Gasteiger partial charge < -0.3 is 15.2 Å². The molecule has 9 heteroatoms. The Hall–Kier alpha value is -2.65. The fourth-order valence-corrected chi connectivity index (χ4v) is 4.32. The van der Waals surface area contributed by atoms with E-state index in [0.717, 1.165) is 5.56 Å². The molecule has 0 aromatic heterocycles. The molecule has 1 atom stereocenters. The van der Waals surface area contributed by atoms with Crippen LogP contribution in [0.1, 0.15) is 32.8 Å². The molecule has 2 aromatic carbocycles. The fourth-order valence-electron chi connectivity index (χ4n) is 3.14. The smallest absolute Gasteiger partial charge is 0.265 e. The highest BCUT2D eigenvalue weighted by Crippen LogP contribution is 2.31. The van der Waals surface area contributed by atoms with Crippen LogP contribution in [0.15, 0.2) is 47.4 Å². The predicted molar refractivity (Wildman–Crippen MR) is 119 cm³/mol. The number of amides is 1. The Morgan fingerprint density at radius 3 is 2.48 bits per heavy atom. The van der Waals surface area contributed by atoms with Crippen LogP contribution < -0.4 is 14.8 Å². The number of anilines is 2. The van der Waals surface area contributed by atoms with E-state index in [4.69, 9.17) is 9.84 Å². The first-order chi connectivity index (χ1) is 14.5. The number of ether oxygens (including phenoxy) is 1. The fraction of sp³-hybridized carbons (Fsp3) is 0.409. The van der Waals surface area contributed by atoms with Crippen LogP contribution in [-0.2, 0) is 14.8 Å². The first kappa shape index (κ1) is 24.6. The number of alkyl halides is 1. The molecule has 0 spiro atoms. The second-order valence-electron chi connectivity index (χ2n) is 7.69. The van der Waals surface area contributed by atoms with Gasteiger partial charge in [0.2, 0.25) is 5.91 Å². The lowest BCUT2D eigenvalue weighted by Crippen LogP contribution is -2.37. The highest BCUT2D eigenvalue weighted by atomic mass is 32.2. The minimum atomic E-state index is -3.96. The number of aliphatic hydroxyl groups is 1. The Kier molecular flexibility index (Phi) is 8.02. The molecule has 31 heavy (non-hydrogen) atoms. The molecule has 2 aromatic rings. The van der Waals surface area contributed by atoms with Crippen molar-refractivity contribution in [3.05, 3.63) is 48.0 Å². The van der Waals surface area contributed by atoms with E-state index >= 15 is 0 Å². The third-order valence-electron chi connectivity index (χ3n) is 4.63. The summed E-state index contributed by atoms with van der Waals surface area (Å²) in [4.78, 5) is 12.4. The Labute approximate surface area is 182 Å². The number of benzene rings is 2. The summed E-state index contributed by atoms with van der Waals surface area (Å²) in [6.07, 6.45) is -0.0411. The number of hydrogen-bond donors (Lipinski definition) is 3. The van der Waals surface area contributed by atoms with Crippen molar-refractivity contribution >= 4 is 27.3 Å². The quantitative estimate of drug-likeness (QED) is 0.507. The normalized spacial score (nSPS) is 12.8. The largest absolute Gasteiger partial charge is 0.492 e. The molecule has 7 nitrogen and oxygen atoms in total. The lowest BCUT2D eigenvalue weighted by Gasteiger charge is -2.25. The molecule has 1 unspecified atom stereocenters. The van der Waals surface area contributed by atoms with Crippen LogP contribution in [-0.4, -0.2) is 38.3 Å². The van der Waals surface area contributed by atoms with E-state index in [-0.39, 0.29) is 36.0 Å². The second kappa shape index (κ2) is 10.1. The number of sulfonamides is 1. The molecule has 0 aliphatic heterocycles. The molecule has 3 N–H and O–H groups in total. The maximum atomic E-state index is 14.4. The molecule has 1 amide bonds. The number of nitrogens with one attached hydrogen (secondary N) is 2. The summed E-state index contributed by atoms with van der Waals surface area (Å²) in [5.41, 5.74) is -0.264. The van der Waals surface area contributed by atoms with Crippen molar-refractivity contribution < 1.29 is 27.4 Å². The monoisotopic (exact) mass is 452 g/mol. The summed E-state index contributed by atoms with van der Waals surface area (Å²) in [5.74, 6) is -1.63. The predicted octanol–water partition coefficient (Wildman–Crippen LogP) is 3.88. The van der Waals surface area contributed by atoms with Crippen LogP contribution in [0.5, 0.6) is 5.75 Å². The summed E-state index contributed by atoms with van der Waals surface area (Å²) in [5, 5.41) is 11.7. The van der Waals surface area contributed by atoms with Crippen molar-refractivity contribution in [3.8, 4) is 5.75 Å². The topological polar surface area (TPSA) is 105 Å². The third-order valence-corrected chi connectivity index (χ3v) is 6.05. The first-order valence-electron chi connectivity index (χ1n) is 9.95. The Bertz CT molecular complexity index is 1020. The van der Waals surface area contributed by atoms with Gasteiger partial charge in [-0.25, -0.2) is 12.8 Å². The zero-order valence-corrected chi connectivity index (χ0v) is 18.9. The van der Waals surface area contributed by atoms with E-state index in [1.165, 1.54) is 32.0 Å². The maximum Gasteiger partial charge on any atom is 0.265 e. The van der Waals surface area contributed by atoms with Gasteiger partial charge in [0.05, 0.1) is 12.5 Å². The van der Waals surface area contributed by atoms with Crippen molar-refractivity contribution in [2.75, 3.05) is 23.3 Å². The van der Waals surface area contributed by atoms with E-state index in [9.17, 15) is 17.6 Å². The van der Waals surface area contributed by atoms with Crippen molar-refractivity contribution in [2.24, 2.45) is 5.92 Å². The third kappa shape index (κ3) is 6.67. The average molecular weight is 453 g/mol. The molecule has 0 aliphatic rings. The Morgan fingerprint density at radius 1 is 1.19 bits per heavy atom.